The molecular weight excluding hydrogens is 308 g/mol. The fraction of sp³-hybridized carbons (Fsp3) is 0.412. The van der Waals surface area contributed by atoms with Gasteiger partial charge in [0.25, 0.3) is 0 Å². The number of nitrogens with one attached hydrogen (secondary N) is 2. The van der Waals surface area contributed by atoms with Gasteiger partial charge in [-0.1, -0.05) is 12.1 Å². The van der Waals surface area contributed by atoms with Crippen LogP contribution in [0.4, 0.5) is 0 Å². The van der Waals surface area contributed by atoms with Crippen LogP contribution in [-0.2, 0) is 13.0 Å². The van der Waals surface area contributed by atoms with E-state index in [1.807, 2.05) is 26.0 Å². The minimum atomic E-state index is 0.303. The maximum atomic E-state index is 9.48. The van der Waals surface area contributed by atoms with Crippen LogP contribution in [0, 0.1) is 13.8 Å². The van der Waals surface area contributed by atoms with Gasteiger partial charge in [0.2, 0.25) is 0 Å². The first-order valence-electron chi connectivity index (χ1n) is 7.81. The van der Waals surface area contributed by atoms with Gasteiger partial charge in [0.1, 0.15) is 10.8 Å². The zero-order chi connectivity index (χ0) is 16.7. The fourth-order valence-electron chi connectivity index (χ4n) is 2.13. The molecule has 124 valence electrons. The number of phenolic OH excluding ortho intramolecular Hbond substituents is 1. The summed E-state index contributed by atoms with van der Waals surface area (Å²) in [6.07, 6.45) is 0.828. The minimum absolute atomic E-state index is 0.303. The van der Waals surface area contributed by atoms with E-state index in [1.165, 1.54) is 4.88 Å². The summed E-state index contributed by atoms with van der Waals surface area (Å²) in [5.41, 5.74) is 2.18. The summed E-state index contributed by atoms with van der Waals surface area (Å²) >= 11 is 1.70. The number of phenols is 1. The van der Waals surface area contributed by atoms with E-state index in [9.17, 15) is 5.11 Å². The number of aromatic nitrogens is 1. The van der Waals surface area contributed by atoms with Crippen molar-refractivity contribution in [1.82, 2.24) is 15.6 Å². The molecule has 2 rings (SSSR count). The van der Waals surface area contributed by atoms with Crippen molar-refractivity contribution in [3.05, 3.63) is 45.4 Å². The quantitative estimate of drug-likeness (QED) is 0.562. The normalized spacial score (nSPS) is 11.5. The van der Waals surface area contributed by atoms with Crippen molar-refractivity contribution in [3.8, 4) is 5.75 Å². The lowest BCUT2D eigenvalue weighted by Gasteiger charge is -2.11. The first kappa shape index (κ1) is 17.3. The SMILES string of the molecule is CCNC(=NCc1nc(C)c(C)s1)NCCc1cccc(O)c1. The number of hydrogen-bond acceptors (Lipinski definition) is 4. The number of guanidine groups is 1. The van der Waals surface area contributed by atoms with Crippen LogP contribution in [0.3, 0.4) is 0 Å². The molecule has 0 spiro atoms. The summed E-state index contributed by atoms with van der Waals surface area (Å²) in [5.74, 6) is 1.09. The van der Waals surface area contributed by atoms with Crippen molar-refractivity contribution in [2.75, 3.05) is 13.1 Å². The van der Waals surface area contributed by atoms with E-state index in [2.05, 4.69) is 27.5 Å². The molecule has 0 aliphatic heterocycles. The van der Waals surface area contributed by atoms with Crippen LogP contribution in [-0.4, -0.2) is 29.1 Å². The van der Waals surface area contributed by atoms with Crippen LogP contribution in [0.25, 0.3) is 0 Å². The topological polar surface area (TPSA) is 69.5 Å². The van der Waals surface area contributed by atoms with E-state index in [0.29, 0.717) is 12.3 Å². The third kappa shape index (κ3) is 5.56. The Labute approximate surface area is 141 Å². The molecule has 0 saturated heterocycles. The predicted octanol–water partition coefficient (Wildman–Crippen LogP) is 2.76. The Bertz CT molecular complexity index is 647. The number of aliphatic imine (C=N–C) groups is 1. The van der Waals surface area contributed by atoms with Gasteiger partial charge in [0.15, 0.2) is 5.96 Å². The lowest BCUT2D eigenvalue weighted by molar-refractivity contribution is 0.474. The van der Waals surface area contributed by atoms with Crippen molar-refractivity contribution in [3.63, 3.8) is 0 Å². The molecule has 6 heteroatoms. The van der Waals surface area contributed by atoms with Gasteiger partial charge in [0.05, 0.1) is 12.2 Å². The molecule has 0 fully saturated rings. The molecule has 0 atom stereocenters. The van der Waals surface area contributed by atoms with E-state index in [0.717, 1.165) is 41.7 Å². The molecule has 1 aromatic heterocycles. The van der Waals surface area contributed by atoms with Crippen molar-refractivity contribution in [1.29, 1.82) is 0 Å². The van der Waals surface area contributed by atoms with E-state index >= 15 is 0 Å². The van der Waals surface area contributed by atoms with Gasteiger partial charge in [-0.15, -0.1) is 11.3 Å². The van der Waals surface area contributed by atoms with Gasteiger partial charge in [-0.05, 0) is 44.9 Å². The van der Waals surface area contributed by atoms with Gasteiger partial charge in [-0.25, -0.2) is 9.98 Å². The second-order valence-corrected chi connectivity index (χ2v) is 6.58. The Balaban J connectivity index is 1.88. The number of benzene rings is 1. The summed E-state index contributed by atoms with van der Waals surface area (Å²) in [6.45, 7) is 8.31. The maximum absolute atomic E-state index is 9.48. The minimum Gasteiger partial charge on any atom is -0.508 e. The molecule has 0 saturated carbocycles. The average Bonchev–Trinajstić information content (AvgIpc) is 2.83. The van der Waals surface area contributed by atoms with Crippen LogP contribution in [0.5, 0.6) is 5.75 Å². The van der Waals surface area contributed by atoms with E-state index in [4.69, 9.17) is 0 Å². The summed E-state index contributed by atoms with van der Waals surface area (Å²) in [7, 11) is 0. The summed E-state index contributed by atoms with van der Waals surface area (Å²) in [4.78, 5) is 10.3. The second-order valence-electron chi connectivity index (χ2n) is 5.29. The monoisotopic (exact) mass is 332 g/mol. The highest BCUT2D eigenvalue weighted by Crippen LogP contribution is 2.17. The second kappa shape index (κ2) is 8.53. The smallest absolute Gasteiger partial charge is 0.191 e. The van der Waals surface area contributed by atoms with Crippen LogP contribution in [0.15, 0.2) is 29.3 Å². The molecule has 2 aromatic rings. The highest BCUT2D eigenvalue weighted by Gasteiger charge is 2.04. The van der Waals surface area contributed by atoms with Crippen molar-refractivity contribution >= 4 is 17.3 Å². The molecule has 0 aliphatic carbocycles. The molecule has 0 unspecified atom stereocenters. The zero-order valence-electron chi connectivity index (χ0n) is 13.9. The largest absolute Gasteiger partial charge is 0.508 e. The molecule has 0 aliphatic rings. The van der Waals surface area contributed by atoms with Gasteiger partial charge in [-0.2, -0.15) is 0 Å². The lowest BCUT2D eigenvalue weighted by Crippen LogP contribution is -2.38. The highest BCUT2D eigenvalue weighted by molar-refractivity contribution is 7.11. The third-order valence-electron chi connectivity index (χ3n) is 3.41. The molecule has 1 aromatic carbocycles. The Morgan fingerprint density at radius 1 is 1.30 bits per heavy atom. The average molecular weight is 332 g/mol. The number of aromatic hydroxyl groups is 1. The standard InChI is InChI=1S/C17H24N4OS/c1-4-18-17(20-11-16-21-12(2)13(3)23-16)19-9-8-14-6-5-7-15(22)10-14/h5-7,10,22H,4,8-9,11H2,1-3H3,(H2,18,19,20). The summed E-state index contributed by atoms with van der Waals surface area (Å²) in [6, 6.07) is 7.33. The Hall–Kier alpha value is -2.08. The first-order valence-corrected chi connectivity index (χ1v) is 8.63. The molecular formula is C17H24N4OS. The number of rotatable bonds is 6. The first-order chi connectivity index (χ1) is 11.1. The van der Waals surface area contributed by atoms with Gasteiger partial charge < -0.3 is 15.7 Å². The van der Waals surface area contributed by atoms with Crippen LogP contribution >= 0.6 is 11.3 Å². The molecule has 3 N–H and O–H groups in total. The number of hydrogen-bond donors (Lipinski definition) is 3. The fourth-order valence-corrected chi connectivity index (χ4v) is 2.99. The van der Waals surface area contributed by atoms with Gasteiger partial charge >= 0.3 is 0 Å². The molecule has 0 amide bonds. The predicted molar refractivity (Wildman–Crippen MR) is 96.2 cm³/mol. The number of thiazole rings is 1. The Morgan fingerprint density at radius 3 is 2.78 bits per heavy atom. The molecule has 0 radical (unpaired) electrons. The van der Waals surface area contributed by atoms with Crippen LogP contribution in [0.1, 0.15) is 28.1 Å². The van der Waals surface area contributed by atoms with Crippen molar-refractivity contribution < 1.29 is 5.11 Å². The van der Waals surface area contributed by atoms with E-state index in [1.54, 1.807) is 23.5 Å². The van der Waals surface area contributed by atoms with Crippen molar-refractivity contribution in [2.45, 2.75) is 33.7 Å². The lowest BCUT2D eigenvalue weighted by atomic mass is 10.1. The Kier molecular flexibility index (Phi) is 6.40. The highest BCUT2D eigenvalue weighted by atomic mass is 32.1. The number of aryl methyl sites for hydroxylation is 2. The van der Waals surface area contributed by atoms with Gasteiger partial charge in [-0.3, -0.25) is 0 Å². The van der Waals surface area contributed by atoms with E-state index in [-0.39, 0.29) is 0 Å². The molecule has 5 nitrogen and oxygen atoms in total. The van der Waals surface area contributed by atoms with Crippen LogP contribution in [0.2, 0.25) is 0 Å². The van der Waals surface area contributed by atoms with Crippen molar-refractivity contribution in [2.24, 2.45) is 4.99 Å². The summed E-state index contributed by atoms with van der Waals surface area (Å²) < 4.78 is 0. The van der Waals surface area contributed by atoms with E-state index < -0.39 is 0 Å². The molecule has 0 bridgehead atoms. The Morgan fingerprint density at radius 2 is 2.13 bits per heavy atom. The molecule has 23 heavy (non-hydrogen) atoms. The third-order valence-corrected chi connectivity index (χ3v) is 4.46. The number of nitrogens with zero attached hydrogens (tertiary/aromatic N) is 2. The van der Waals surface area contributed by atoms with Gasteiger partial charge in [0, 0.05) is 18.0 Å². The zero-order valence-corrected chi connectivity index (χ0v) is 14.7. The summed E-state index contributed by atoms with van der Waals surface area (Å²) in [5, 5.41) is 17.1. The van der Waals surface area contributed by atoms with Crippen LogP contribution < -0.4 is 10.6 Å². The molecule has 1 heterocycles. The maximum Gasteiger partial charge on any atom is 0.191 e.